The van der Waals surface area contributed by atoms with E-state index in [4.69, 9.17) is 9.47 Å². The summed E-state index contributed by atoms with van der Waals surface area (Å²) < 4.78 is 11.1. The SMILES string of the molecule is CCN1C(=O)C(Nc2ccc3c(c2)OCCO3)=C(c2ccc(NC(C)=O)cc2)C1=O. The number of rotatable bonds is 5. The minimum absolute atomic E-state index is 0.188. The maximum Gasteiger partial charge on any atom is 0.278 e. The number of hydrogen-bond donors (Lipinski definition) is 2. The van der Waals surface area contributed by atoms with Gasteiger partial charge in [-0.2, -0.15) is 0 Å². The van der Waals surface area contributed by atoms with Crippen LogP contribution >= 0.6 is 0 Å². The highest BCUT2D eigenvalue weighted by molar-refractivity contribution is 6.36. The largest absolute Gasteiger partial charge is 0.486 e. The highest BCUT2D eigenvalue weighted by atomic mass is 16.6. The summed E-state index contributed by atoms with van der Waals surface area (Å²) in [6.07, 6.45) is 0. The van der Waals surface area contributed by atoms with Crippen molar-refractivity contribution in [2.24, 2.45) is 0 Å². The molecular formula is C22H21N3O5. The standard InChI is InChI=1S/C22H21N3O5/c1-3-25-21(27)19(14-4-6-15(7-5-14)23-13(2)26)20(22(25)28)24-16-8-9-17-18(12-16)30-11-10-29-17/h4-9,12,24H,3,10-11H2,1-2H3,(H,23,26). The van der Waals surface area contributed by atoms with Crippen molar-refractivity contribution >= 4 is 34.7 Å². The van der Waals surface area contributed by atoms with Crippen LogP contribution in [0.3, 0.4) is 0 Å². The Bertz CT molecular complexity index is 1060. The summed E-state index contributed by atoms with van der Waals surface area (Å²) in [6, 6.07) is 12.1. The summed E-state index contributed by atoms with van der Waals surface area (Å²) in [6.45, 7) is 4.37. The fourth-order valence-corrected chi connectivity index (χ4v) is 3.44. The number of hydrogen-bond acceptors (Lipinski definition) is 6. The number of anilines is 2. The summed E-state index contributed by atoms with van der Waals surface area (Å²) in [5.41, 5.74) is 2.29. The Labute approximate surface area is 173 Å². The molecule has 0 saturated carbocycles. The highest BCUT2D eigenvalue weighted by Crippen LogP contribution is 2.35. The van der Waals surface area contributed by atoms with Crippen molar-refractivity contribution in [3.8, 4) is 11.5 Å². The van der Waals surface area contributed by atoms with Crippen molar-refractivity contribution in [2.45, 2.75) is 13.8 Å². The Kier molecular flexibility index (Phi) is 5.14. The van der Waals surface area contributed by atoms with E-state index in [9.17, 15) is 14.4 Å². The third kappa shape index (κ3) is 3.59. The van der Waals surface area contributed by atoms with Crippen LogP contribution in [-0.2, 0) is 14.4 Å². The molecule has 0 aromatic heterocycles. The summed E-state index contributed by atoms with van der Waals surface area (Å²) in [5.74, 6) is 0.274. The number of nitrogens with one attached hydrogen (secondary N) is 2. The number of carbonyl (C=O) groups excluding carboxylic acids is 3. The molecule has 154 valence electrons. The topological polar surface area (TPSA) is 97.0 Å². The van der Waals surface area contributed by atoms with Crippen molar-refractivity contribution in [3.63, 3.8) is 0 Å². The number of carbonyl (C=O) groups is 3. The van der Waals surface area contributed by atoms with E-state index >= 15 is 0 Å². The minimum Gasteiger partial charge on any atom is -0.486 e. The van der Waals surface area contributed by atoms with Gasteiger partial charge >= 0.3 is 0 Å². The van der Waals surface area contributed by atoms with Crippen molar-refractivity contribution in [1.29, 1.82) is 0 Å². The fourth-order valence-electron chi connectivity index (χ4n) is 3.44. The molecular weight excluding hydrogens is 386 g/mol. The summed E-state index contributed by atoms with van der Waals surface area (Å²) in [7, 11) is 0. The zero-order valence-electron chi connectivity index (χ0n) is 16.7. The Hall–Kier alpha value is -3.81. The zero-order chi connectivity index (χ0) is 21.3. The van der Waals surface area contributed by atoms with Gasteiger partial charge in [-0.05, 0) is 36.8 Å². The molecule has 0 unspecified atom stereocenters. The van der Waals surface area contributed by atoms with Crippen LogP contribution in [0.15, 0.2) is 48.2 Å². The molecule has 0 radical (unpaired) electrons. The van der Waals surface area contributed by atoms with Gasteiger partial charge in [0.25, 0.3) is 11.8 Å². The molecule has 0 fully saturated rings. The molecule has 30 heavy (non-hydrogen) atoms. The highest BCUT2D eigenvalue weighted by Gasteiger charge is 2.38. The van der Waals surface area contributed by atoms with Gasteiger partial charge in [0.15, 0.2) is 11.5 Å². The molecule has 0 saturated heterocycles. The lowest BCUT2D eigenvalue weighted by atomic mass is 10.0. The predicted octanol–water partition coefficient (Wildman–Crippen LogP) is 2.63. The smallest absolute Gasteiger partial charge is 0.278 e. The number of benzene rings is 2. The lowest BCUT2D eigenvalue weighted by molar-refractivity contribution is -0.136. The van der Waals surface area contributed by atoms with Gasteiger partial charge in [-0.1, -0.05) is 12.1 Å². The number of ether oxygens (including phenoxy) is 2. The average molecular weight is 407 g/mol. The van der Waals surface area contributed by atoms with E-state index in [2.05, 4.69) is 10.6 Å². The van der Waals surface area contributed by atoms with Gasteiger partial charge in [0, 0.05) is 30.9 Å². The van der Waals surface area contributed by atoms with E-state index in [-0.39, 0.29) is 29.6 Å². The van der Waals surface area contributed by atoms with Gasteiger partial charge in [0.1, 0.15) is 18.9 Å². The normalized spacial score (nSPS) is 15.5. The van der Waals surface area contributed by atoms with E-state index in [1.54, 1.807) is 49.4 Å². The maximum atomic E-state index is 12.9. The zero-order valence-corrected chi connectivity index (χ0v) is 16.7. The minimum atomic E-state index is -0.390. The second-order valence-corrected chi connectivity index (χ2v) is 6.85. The predicted molar refractivity (Wildman–Crippen MR) is 111 cm³/mol. The van der Waals surface area contributed by atoms with Crippen LogP contribution in [0.2, 0.25) is 0 Å². The quantitative estimate of drug-likeness (QED) is 0.740. The molecule has 0 bridgehead atoms. The Balaban J connectivity index is 1.71. The van der Waals surface area contributed by atoms with E-state index in [0.29, 0.717) is 41.7 Å². The molecule has 2 heterocycles. The lowest BCUT2D eigenvalue weighted by Crippen LogP contribution is -2.32. The van der Waals surface area contributed by atoms with Crippen LogP contribution in [0.5, 0.6) is 11.5 Å². The van der Waals surface area contributed by atoms with Gasteiger partial charge in [-0.3, -0.25) is 19.3 Å². The Morgan fingerprint density at radius 1 is 0.967 bits per heavy atom. The molecule has 4 rings (SSSR count). The summed E-state index contributed by atoms with van der Waals surface area (Å²) in [5, 5.41) is 5.78. The van der Waals surface area contributed by atoms with Crippen molar-refractivity contribution in [1.82, 2.24) is 4.90 Å². The van der Waals surface area contributed by atoms with E-state index < -0.39 is 5.91 Å². The molecule has 8 heteroatoms. The average Bonchev–Trinajstić information content (AvgIpc) is 2.97. The third-order valence-electron chi connectivity index (χ3n) is 4.79. The molecule has 2 aromatic rings. The van der Waals surface area contributed by atoms with Crippen molar-refractivity contribution in [3.05, 3.63) is 53.7 Å². The fraction of sp³-hybridized carbons (Fsp3) is 0.227. The molecule has 2 N–H and O–H groups in total. The first kappa shape index (κ1) is 19.5. The number of imide groups is 1. The molecule has 0 aliphatic carbocycles. The van der Waals surface area contributed by atoms with Gasteiger partial charge in [0.2, 0.25) is 5.91 Å². The van der Waals surface area contributed by atoms with Crippen LogP contribution in [0.25, 0.3) is 5.57 Å². The molecule has 2 aliphatic rings. The molecule has 2 aliphatic heterocycles. The van der Waals surface area contributed by atoms with Gasteiger partial charge in [-0.25, -0.2) is 0 Å². The van der Waals surface area contributed by atoms with Crippen LogP contribution in [-0.4, -0.2) is 42.4 Å². The molecule has 2 aromatic carbocycles. The second kappa shape index (κ2) is 7.90. The monoisotopic (exact) mass is 407 g/mol. The van der Waals surface area contributed by atoms with Gasteiger partial charge < -0.3 is 20.1 Å². The van der Waals surface area contributed by atoms with E-state index in [0.717, 1.165) is 0 Å². The first-order chi connectivity index (χ1) is 14.5. The number of fused-ring (bicyclic) bond motifs is 1. The Morgan fingerprint density at radius 2 is 1.63 bits per heavy atom. The summed E-state index contributed by atoms with van der Waals surface area (Å²) >= 11 is 0. The maximum absolute atomic E-state index is 12.9. The van der Waals surface area contributed by atoms with E-state index in [1.165, 1.54) is 11.8 Å². The molecule has 3 amide bonds. The van der Waals surface area contributed by atoms with Crippen molar-refractivity contribution in [2.75, 3.05) is 30.4 Å². The van der Waals surface area contributed by atoms with Crippen LogP contribution in [0.4, 0.5) is 11.4 Å². The molecule has 0 spiro atoms. The number of likely N-dealkylation sites (N-methyl/N-ethyl adjacent to an activating group) is 1. The molecule has 0 atom stereocenters. The first-order valence-corrected chi connectivity index (χ1v) is 9.63. The van der Waals surface area contributed by atoms with E-state index in [1.807, 2.05) is 0 Å². The van der Waals surface area contributed by atoms with Crippen LogP contribution in [0, 0.1) is 0 Å². The second-order valence-electron chi connectivity index (χ2n) is 6.85. The first-order valence-electron chi connectivity index (χ1n) is 9.63. The lowest BCUT2D eigenvalue weighted by Gasteiger charge is -2.19. The van der Waals surface area contributed by atoms with Gasteiger partial charge in [0.05, 0.1) is 5.57 Å². The molecule has 8 nitrogen and oxygen atoms in total. The third-order valence-corrected chi connectivity index (χ3v) is 4.79. The number of amides is 3. The number of nitrogens with zero attached hydrogens (tertiary/aromatic N) is 1. The van der Waals surface area contributed by atoms with Gasteiger partial charge in [-0.15, -0.1) is 0 Å². The Morgan fingerprint density at radius 3 is 2.30 bits per heavy atom. The van der Waals surface area contributed by atoms with Crippen LogP contribution < -0.4 is 20.1 Å². The summed E-state index contributed by atoms with van der Waals surface area (Å²) in [4.78, 5) is 38.3. The van der Waals surface area contributed by atoms with Crippen LogP contribution in [0.1, 0.15) is 19.4 Å². The van der Waals surface area contributed by atoms with Crippen molar-refractivity contribution < 1.29 is 23.9 Å².